The zero-order chi connectivity index (χ0) is 21.8. The lowest BCUT2D eigenvalue weighted by atomic mass is 10.1. The van der Waals surface area contributed by atoms with Gasteiger partial charge in [0.2, 0.25) is 9.47 Å². The van der Waals surface area contributed by atoms with Gasteiger partial charge in [-0.05, 0) is 36.8 Å². The van der Waals surface area contributed by atoms with Crippen molar-refractivity contribution in [1.29, 1.82) is 0 Å². The predicted molar refractivity (Wildman–Crippen MR) is 117 cm³/mol. The molecule has 0 bridgehead atoms. The van der Waals surface area contributed by atoms with E-state index in [0.29, 0.717) is 5.56 Å². The Balaban J connectivity index is 1.38. The van der Waals surface area contributed by atoms with Crippen LogP contribution in [0.1, 0.15) is 21.5 Å². The maximum atomic E-state index is 12.5. The van der Waals surface area contributed by atoms with Crippen LogP contribution in [0.25, 0.3) is 5.69 Å². The molecule has 11 heteroatoms. The molecule has 2 aromatic carbocycles. The molecule has 31 heavy (non-hydrogen) atoms. The van der Waals surface area contributed by atoms with E-state index in [0.717, 1.165) is 28.2 Å². The lowest BCUT2D eigenvalue weighted by Gasteiger charge is -2.06. The summed E-state index contributed by atoms with van der Waals surface area (Å²) in [5, 5.41) is 10.1. The van der Waals surface area contributed by atoms with Crippen molar-refractivity contribution >= 4 is 32.4 Å². The number of nitrogens with one attached hydrogen (secondary N) is 2. The van der Waals surface area contributed by atoms with Crippen LogP contribution >= 0.6 is 11.3 Å². The fourth-order valence-electron chi connectivity index (χ4n) is 2.68. The number of sulfonamides is 1. The standard InChI is InChI=1S/C20H18N6O3S2/c1-14-2-6-16(7-3-14)18(27)23-19-24-25-20(30-19)31(28,29)22-12-15-4-8-17(9-5-15)26-11-10-21-13-26/h2-11,13,22H,12H2,1H3,(H,23,24,27). The molecular weight excluding hydrogens is 436 g/mol. The molecule has 2 heterocycles. The molecule has 0 atom stereocenters. The fourth-order valence-corrected chi connectivity index (χ4v) is 4.63. The number of carbonyl (C=O) groups is 1. The molecule has 4 rings (SSSR count). The molecular formula is C20H18N6O3S2. The van der Waals surface area contributed by atoms with Crippen LogP contribution < -0.4 is 10.0 Å². The summed E-state index contributed by atoms with van der Waals surface area (Å²) in [6.07, 6.45) is 5.19. The van der Waals surface area contributed by atoms with Gasteiger partial charge in [-0.2, -0.15) is 0 Å². The molecule has 0 spiro atoms. The number of hydrogen-bond acceptors (Lipinski definition) is 7. The molecule has 0 saturated carbocycles. The second-order valence-electron chi connectivity index (χ2n) is 6.65. The third-order valence-corrected chi connectivity index (χ3v) is 6.98. The monoisotopic (exact) mass is 454 g/mol. The molecule has 158 valence electrons. The normalized spacial score (nSPS) is 11.4. The Bertz CT molecular complexity index is 1280. The summed E-state index contributed by atoms with van der Waals surface area (Å²) >= 11 is 0.787. The van der Waals surface area contributed by atoms with Crippen molar-refractivity contribution in [3.05, 3.63) is 83.9 Å². The van der Waals surface area contributed by atoms with Gasteiger partial charge in [0.25, 0.3) is 15.9 Å². The Hall–Kier alpha value is -3.41. The third kappa shape index (κ3) is 5.02. The molecule has 2 N–H and O–H groups in total. The zero-order valence-corrected chi connectivity index (χ0v) is 18.0. The van der Waals surface area contributed by atoms with Crippen LogP contribution in [0.15, 0.2) is 71.6 Å². The number of aryl methyl sites for hydroxylation is 1. The minimum Gasteiger partial charge on any atom is -0.306 e. The van der Waals surface area contributed by atoms with Crippen molar-refractivity contribution in [2.24, 2.45) is 0 Å². The van der Waals surface area contributed by atoms with Crippen molar-refractivity contribution in [2.75, 3.05) is 5.32 Å². The van der Waals surface area contributed by atoms with Crippen molar-refractivity contribution in [1.82, 2.24) is 24.5 Å². The number of amides is 1. The van der Waals surface area contributed by atoms with E-state index in [1.165, 1.54) is 0 Å². The molecule has 0 fully saturated rings. The molecule has 9 nitrogen and oxygen atoms in total. The number of hydrogen-bond donors (Lipinski definition) is 2. The Kier molecular flexibility index (Phi) is 5.89. The minimum atomic E-state index is -3.87. The summed E-state index contributed by atoms with van der Waals surface area (Å²) in [7, 11) is -3.87. The molecule has 0 aliphatic heterocycles. The van der Waals surface area contributed by atoms with Crippen LogP contribution in [0.5, 0.6) is 0 Å². The maximum absolute atomic E-state index is 12.5. The van der Waals surface area contributed by atoms with E-state index in [2.05, 4.69) is 25.2 Å². The highest BCUT2D eigenvalue weighted by Gasteiger charge is 2.21. The number of benzene rings is 2. The number of carbonyl (C=O) groups excluding carboxylic acids is 1. The SMILES string of the molecule is Cc1ccc(C(=O)Nc2nnc(S(=O)(=O)NCc3ccc(-n4ccnc4)cc3)s2)cc1. The second kappa shape index (κ2) is 8.76. The highest BCUT2D eigenvalue weighted by Crippen LogP contribution is 2.21. The number of anilines is 1. The smallest absolute Gasteiger partial charge is 0.270 e. The van der Waals surface area contributed by atoms with Gasteiger partial charge in [0, 0.05) is 30.2 Å². The van der Waals surface area contributed by atoms with Gasteiger partial charge in [0.05, 0.1) is 6.33 Å². The van der Waals surface area contributed by atoms with Crippen LogP contribution in [0.2, 0.25) is 0 Å². The van der Waals surface area contributed by atoms with Crippen LogP contribution in [0.4, 0.5) is 5.13 Å². The Morgan fingerprint density at radius 2 is 1.81 bits per heavy atom. The summed E-state index contributed by atoms with van der Waals surface area (Å²) in [6, 6.07) is 14.4. The van der Waals surface area contributed by atoms with Crippen molar-refractivity contribution < 1.29 is 13.2 Å². The quantitative estimate of drug-likeness (QED) is 0.415. The average Bonchev–Trinajstić information content (AvgIpc) is 3.46. The molecule has 0 unspecified atom stereocenters. The predicted octanol–water partition coefficient (Wildman–Crippen LogP) is 2.76. The number of aromatic nitrogens is 4. The van der Waals surface area contributed by atoms with E-state index in [1.54, 1.807) is 24.7 Å². The van der Waals surface area contributed by atoms with Crippen LogP contribution in [-0.4, -0.2) is 34.1 Å². The summed E-state index contributed by atoms with van der Waals surface area (Å²) < 4.78 is 29.2. The fraction of sp³-hybridized carbons (Fsp3) is 0.100. The topological polar surface area (TPSA) is 119 Å². The largest absolute Gasteiger partial charge is 0.306 e. The van der Waals surface area contributed by atoms with Crippen LogP contribution in [0, 0.1) is 6.92 Å². The number of imidazole rings is 1. The highest BCUT2D eigenvalue weighted by atomic mass is 32.2. The number of nitrogens with zero attached hydrogens (tertiary/aromatic N) is 4. The lowest BCUT2D eigenvalue weighted by Crippen LogP contribution is -2.23. The van der Waals surface area contributed by atoms with Crippen molar-refractivity contribution in [3.8, 4) is 5.69 Å². The Morgan fingerprint density at radius 1 is 1.06 bits per heavy atom. The molecule has 1 amide bonds. The van der Waals surface area contributed by atoms with E-state index in [1.807, 2.05) is 54.1 Å². The molecule has 0 aliphatic rings. The van der Waals surface area contributed by atoms with Gasteiger partial charge < -0.3 is 4.57 Å². The highest BCUT2D eigenvalue weighted by molar-refractivity contribution is 7.91. The third-order valence-electron chi connectivity index (χ3n) is 4.38. The molecule has 2 aromatic heterocycles. The summed E-state index contributed by atoms with van der Waals surface area (Å²) in [4.78, 5) is 16.3. The molecule has 0 aliphatic carbocycles. The first kappa shape index (κ1) is 20.8. The van der Waals surface area contributed by atoms with Gasteiger partial charge in [-0.3, -0.25) is 10.1 Å². The Labute approximate surface area is 182 Å². The lowest BCUT2D eigenvalue weighted by molar-refractivity contribution is 0.102. The average molecular weight is 455 g/mol. The molecule has 0 saturated heterocycles. The first-order valence-corrected chi connectivity index (χ1v) is 11.5. The van der Waals surface area contributed by atoms with E-state index in [9.17, 15) is 13.2 Å². The van der Waals surface area contributed by atoms with Gasteiger partial charge >= 0.3 is 0 Å². The summed E-state index contributed by atoms with van der Waals surface area (Å²) in [5.74, 6) is -0.383. The van der Waals surface area contributed by atoms with E-state index in [4.69, 9.17) is 0 Å². The summed E-state index contributed by atoms with van der Waals surface area (Å²) in [6.45, 7) is 2.02. The van der Waals surface area contributed by atoms with Gasteiger partial charge in [0.1, 0.15) is 0 Å². The number of rotatable bonds is 7. The molecule has 4 aromatic rings. The zero-order valence-electron chi connectivity index (χ0n) is 16.4. The van der Waals surface area contributed by atoms with E-state index in [-0.39, 0.29) is 21.9 Å². The maximum Gasteiger partial charge on any atom is 0.270 e. The van der Waals surface area contributed by atoms with Crippen molar-refractivity contribution in [3.63, 3.8) is 0 Å². The van der Waals surface area contributed by atoms with Gasteiger partial charge in [-0.25, -0.2) is 18.1 Å². The molecule has 0 radical (unpaired) electrons. The second-order valence-corrected chi connectivity index (χ2v) is 9.57. The van der Waals surface area contributed by atoms with Crippen molar-refractivity contribution in [2.45, 2.75) is 17.8 Å². The van der Waals surface area contributed by atoms with E-state index >= 15 is 0 Å². The van der Waals surface area contributed by atoms with Crippen LogP contribution in [-0.2, 0) is 16.6 Å². The minimum absolute atomic E-state index is 0.0944. The van der Waals surface area contributed by atoms with Gasteiger partial charge in [-0.1, -0.05) is 41.2 Å². The Morgan fingerprint density at radius 3 is 2.48 bits per heavy atom. The van der Waals surface area contributed by atoms with Gasteiger partial charge in [0.15, 0.2) is 0 Å². The van der Waals surface area contributed by atoms with Gasteiger partial charge in [-0.15, -0.1) is 10.2 Å². The van der Waals surface area contributed by atoms with E-state index < -0.39 is 10.0 Å². The summed E-state index contributed by atoms with van der Waals surface area (Å²) in [5.41, 5.74) is 3.18. The first-order valence-electron chi connectivity index (χ1n) is 9.19. The van der Waals surface area contributed by atoms with Crippen LogP contribution in [0.3, 0.4) is 0 Å². The first-order chi connectivity index (χ1) is 14.9.